The molecule has 0 fully saturated rings. The molecule has 0 aromatic rings. The quantitative estimate of drug-likeness (QED) is 0.306. The van der Waals surface area contributed by atoms with Gasteiger partial charge in [-0.1, -0.05) is 6.58 Å². The molecular formula is C10H22O4Si2. The third-order valence-corrected chi connectivity index (χ3v) is 6.81. The summed E-state index contributed by atoms with van der Waals surface area (Å²) in [4.78, 5) is 10.8. The largest absolute Gasteiger partial charge is 0.460 e. The maximum atomic E-state index is 10.8. The monoisotopic (exact) mass is 262 g/mol. The molecule has 0 N–H and O–H groups in total. The van der Waals surface area contributed by atoms with Gasteiger partial charge in [0.2, 0.25) is 0 Å². The van der Waals surface area contributed by atoms with E-state index in [0.29, 0.717) is 6.61 Å². The molecular weight excluding hydrogens is 240 g/mol. The molecule has 0 aliphatic heterocycles. The Labute approximate surface area is 100.0 Å². The second-order valence-electron chi connectivity index (χ2n) is 4.83. The van der Waals surface area contributed by atoms with Gasteiger partial charge in [0.15, 0.2) is 8.32 Å². The highest BCUT2D eigenvalue weighted by Crippen LogP contribution is 2.14. The molecule has 16 heavy (non-hydrogen) atoms. The van der Waals surface area contributed by atoms with E-state index >= 15 is 0 Å². The molecule has 0 spiro atoms. The highest BCUT2D eigenvalue weighted by atomic mass is 28.4. The number of carbonyl (C=O) groups is 1. The van der Waals surface area contributed by atoms with Crippen LogP contribution in [0.2, 0.25) is 32.7 Å². The van der Waals surface area contributed by atoms with Crippen molar-refractivity contribution in [2.45, 2.75) is 32.7 Å². The van der Waals surface area contributed by atoms with Gasteiger partial charge >= 0.3 is 14.5 Å². The van der Waals surface area contributed by atoms with Crippen molar-refractivity contribution in [3.63, 3.8) is 0 Å². The molecule has 0 heterocycles. The van der Waals surface area contributed by atoms with Crippen LogP contribution < -0.4 is 0 Å². The summed E-state index contributed by atoms with van der Waals surface area (Å²) < 4.78 is 16.4. The SMILES string of the molecule is C=CC(=O)OCCO[Si](C)(C)O[Si](C)(C)C. The molecule has 0 atom stereocenters. The van der Waals surface area contributed by atoms with E-state index in [2.05, 4.69) is 26.2 Å². The van der Waals surface area contributed by atoms with Gasteiger partial charge in [0.25, 0.3) is 0 Å². The molecule has 0 radical (unpaired) electrons. The van der Waals surface area contributed by atoms with Crippen molar-refractivity contribution in [2.75, 3.05) is 13.2 Å². The molecule has 94 valence electrons. The second-order valence-corrected chi connectivity index (χ2v) is 13.0. The Kier molecular flexibility index (Phi) is 6.16. The molecule has 0 rings (SSSR count). The third-order valence-electron chi connectivity index (χ3n) is 1.50. The van der Waals surface area contributed by atoms with E-state index in [1.165, 1.54) is 0 Å². The standard InChI is InChI=1S/C10H22O4Si2/c1-7-10(11)12-8-9-13-16(5,6)14-15(2,3)4/h7H,1,8-9H2,2-6H3. The van der Waals surface area contributed by atoms with Crippen LogP contribution in [-0.2, 0) is 18.1 Å². The molecule has 4 nitrogen and oxygen atoms in total. The zero-order chi connectivity index (χ0) is 12.8. The first-order chi connectivity index (χ1) is 7.16. The first-order valence-electron chi connectivity index (χ1n) is 5.29. The van der Waals surface area contributed by atoms with Gasteiger partial charge in [-0.15, -0.1) is 0 Å². The lowest BCUT2D eigenvalue weighted by molar-refractivity contribution is -0.138. The number of hydrogen-bond acceptors (Lipinski definition) is 4. The van der Waals surface area contributed by atoms with Crippen LogP contribution in [0.25, 0.3) is 0 Å². The van der Waals surface area contributed by atoms with Crippen molar-refractivity contribution in [3.05, 3.63) is 12.7 Å². The van der Waals surface area contributed by atoms with Crippen molar-refractivity contribution in [1.82, 2.24) is 0 Å². The molecule has 0 aliphatic rings. The zero-order valence-electron chi connectivity index (χ0n) is 10.8. The molecule has 0 aliphatic carbocycles. The summed E-state index contributed by atoms with van der Waals surface area (Å²) in [5, 5.41) is 0. The lowest BCUT2D eigenvalue weighted by atomic mass is 10.6. The van der Waals surface area contributed by atoms with Crippen LogP contribution in [0, 0.1) is 0 Å². The van der Waals surface area contributed by atoms with Gasteiger partial charge in [-0.2, -0.15) is 0 Å². The van der Waals surface area contributed by atoms with Crippen LogP contribution in [-0.4, -0.2) is 36.1 Å². The van der Waals surface area contributed by atoms with Crippen LogP contribution in [0.3, 0.4) is 0 Å². The Morgan fingerprint density at radius 1 is 1.19 bits per heavy atom. The van der Waals surface area contributed by atoms with Gasteiger partial charge < -0.3 is 13.3 Å². The van der Waals surface area contributed by atoms with Crippen LogP contribution in [0.1, 0.15) is 0 Å². The fraction of sp³-hybridized carbons (Fsp3) is 0.700. The highest BCUT2D eigenvalue weighted by Gasteiger charge is 2.31. The zero-order valence-corrected chi connectivity index (χ0v) is 12.8. The van der Waals surface area contributed by atoms with Gasteiger partial charge in [-0.25, -0.2) is 4.79 Å². The summed E-state index contributed by atoms with van der Waals surface area (Å²) in [5.41, 5.74) is 0. The van der Waals surface area contributed by atoms with E-state index in [1.807, 2.05) is 13.1 Å². The van der Waals surface area contributed by atoms with E-state index in [9.17, 15) is 4.79 Å². The van der Waals surface area contributed by atoms with E-state index in [-0.39, 0.29) is 6.61 Å². The summed E-state index contributed by atoms with van der Waals surface area (Å²) in [6.07, 6.45) is 1.14. The van der Waals surface area contributed by atoms with Crippen LogP contribution >= 0.6 is 0 Å². The van der Waals surface area contributed by atoms with Gasteiger partial charge in [-0.05, 0) is 32.7 Å². The summed E-state index contributed by atoms with van der Waals surface area (Å²) in [6, 6.07) is 0. The van der Waals surface area contributed by atoms with Crippen molar-refractivity contribution >= 4 is 22.8 Å². The number of esters is 1. The van der Waals surface area contributed by atoms with Crippen molar-refractivity contribution < 1.29 is 18.1 Å². The molecule has 0 saturated carbocycles. The lowest BCUT2D eigenvalue weighted by Crippen LogP contribution is -2.45. The number of hydrogen-bond donors (Lipinski definition) is 0. The van der Waals surface area contributed by atoms with E-state index in [1.54, 1.807) is 0 Å². The van der Waals surface area contributed by atoms with Crippen molar-refractivity contribution in [2.24, 2.45) is 0 Å². The highest BCUT2D eigenvalue weighted by molar-refractivity contribution is 6.81. The Bertz CT molecular complexity index is 246. The van der Waals surface area contributed by atoms with Crippen LogP contribution in [0.15, 0.2) is 12.7 Å². The topological polar surface area (TPSA) is 44.8 Å². The summed E-state index contributed by atoms with van der Waals surface area (Å²) in [7, 11) is -3.65. The van der Waals surface area contributed by atoms with Crippen molar-refractivity contribution in [1.29, 1.82) is 0 Å². The molecule has 0 unspecified atom stereocenters. The summed E-state index contributed by atoms with van der Waals surface area (Å²) in [5.74, 6) is -0.422. The Balaban J connectivity index is 3.82. The Morgan fingerprint density at radius 3 is 2.19 bits per heavy atom. The van der Waals surface area contributed by atoms with E-state index < -0.39 is 22.8 Å². The fourth-order valence-corrected chi connectivity index (χ4v) is 7.97. The number of ether oxygens (including phenoxy) is 1. The van der Waals surface area contributed by atoms with Gasteiger partial charge in [0.05, 0.1) is 6.61 Å². The maximum Gasteiger partial charge on any atom is 0.330 e. The predicted molar refractivity (Wildman–Crippen MR) is 69.0 cm³/mol. The fourth-order valence-electron chi connectivity index (χ4n) is 1.26. The average molecular weight is 262 g/mol. The minimum Gasteiger partial charge on any atom is -0.460 e. The first-order valence-corrected chi connectivity index (χ1v) is 11.5. The molecule has 0 aromatic heterocycles. The minimum absolute atomic E-state index is 0.246. The Morgan fingerprint density at radius 2 is 1.75 bits per heavy atom. The third kappa shape index (κ3) is 8.84. The maximum absolute atomic E-state index is 10.8. The number of rotatable bonds is 7. The van der Waals surface area contributed by atoms with Gasteiger partial charge in [0.1, 0.15) is 6.61 Å². The normalized spacial score (nSPS) is 12.3. The van der Waals surface area contributed by atoms with E-state index in [4.69, 9.17) is 13.3 Å². The predicted octanol–water partition coefficient (Wildman–Crippen LogP) is 2.29. The minimum atomic E-state index is -2.08. The first kappa shape index (κ1) is 15.6. The smallest absolute Gasteiger partial charge is 0.330 e. The molecule has 0 aromatic carbocycles. The van der Waals surface area contributed by atoms with Gasteiger partial charge in [0, 0.05) is 6.08 Å². The molecule has 0 bridgehead atoms. The van der Waals surface area contributed by atoms with Crippen LogP contribution in [0.4, 0.5) is 0 Å². The second kappa shape index (κ2) is 6.34. The van der Waals surface area contributed by atoms with Gasteiger partial charge in [-0.3, -0.25) is 0 Å². The van der Waals surface area contributed by atoms with Crippen molar-refractivity contribution in [3.8, 4) is 0 Å². The van der Waals surface area contributed by atoms with Crippen LogP contribution in [0.5, 0.6) is 0 Å². The molecule has 0 saturated heterocycles. The average Bonchev–Trinajstić information content (AvgIpc) is 2.08. The number of carbonyl (C=O) groups excluding carboxylic acids is 1. The summed E-state index contributed by atoms with van der Waals surface area (Å²) >= 11 is 0. The Hall–Kier alpha value is -0.436. The molecule has 0 amide bonds. The molecule has 6 heteroatoms. The summed E-state index contributed by atoms with van der Waals surface area (Å²) in [6.45, 7) is 14.3. The van der Waals surface area contributed by atoms with E-state index in [0.717, 1.165) is 6.08 Å². The lowest BCUT2D eigenvalue weighted by Gasteiger charge is -2.30.